The van der Waals surface area contributed by atoms with Gasteiger partial charge in [0, 0.05) is 18.1 Å². The fraction of sp³-hybridized carbons (Fsp3) is 0.200. The molecular formula is C15H17ClN2O2S. The molecule has 0 amide bonds. The number of benzene rings is 2. The van der Waals surface area contributed by atoms with Gasteiger partial charge in [-0.15, -0.1) is 0 Å². The van der Waals surface area contributed by atoms with Gasteiger partial charge in [-0.3, -0.25) is 0 Å². The van der Waals surface area contributed by atoms with Gasteiger partial charge in [-0.05, 0) is 28.8 Å². The van der Waals surface area contributed by atoms with E-state index < -0.39 is 10.0 Å². The van der Waals surface area contributed by atoms with Crippen LogP contribution in [0.1, 0.15) is 16.7 Å². The molecule has 0 atom stereocenters. The van der Waals surface area contributed by atoms with E-state index in [9.17, 15) is 8.42 Å². The Kier molecular flexibility index (Phi) is 5.36. The van der Waals surface area contributed by atoms with E-state index in [0.717, 1.165) is 16.7 Å². The van der Waals surface area contributed by atoms with Gasteiger partial charge in [0.15, 0.2) is 0 Å². The van der Waals surface area contributed by atoms with Crippen molar-refractivity contribution < 1.29 is 8.42 Å². The zero-order chi connectivity index (χ0) is 15.3. The van der Waals surface area contributed by atoms with Crippen molar-refractivity contribution in [3.05, 3.63) is 70.2 Å². The summed E-state index contributed by atoms with van der Waals surface area (Å²) in [5.41, 5.74) is 8.05. The molecule has 0 saturated heterocycles. The van der Waals surface area contributed by atoms with Crippen molar-refractivity contribution in [1.29, 1.82) is 0 Å². The SMILES string of the molecule is NCc1cccc(CS(=O)(=O)NCc2ccc(Cl)cc2)c1. The number of sulfonamides is 1. The molecule has 0 heterocycles. The summed E-state index contributed by atoms with van der Waals surface area (Å²) in [5, 5.41) is 0.625. The molecule has 0 fully saturated rings. The van der Waals surface area contributed by atoms with Crippen molar-refractivity contribution in [2.45, 2.75) is 18.8 Å². The van der Waals surface area contributed by atoms with Crippen LogP contribution < -0.4 is 10.5 Å². The number of hydrogen-bond acceptors (Lipinski definition) is 3. The van der Waals surface area contributed by atoms with Crippen LogP contribution in [0.15, 0.2) is 48.5 Å². The molecule has 0 aliphatic heterocycles. The summed E-state index contributed by atoms with van der Waals surface area (Å²) in [6, 6.07) is 14.3. The van der Waals surface area contributed by atoms with Crippen LogP contribution in [0.3, 0.4) is 0 Å². The monoisotopic (exact) mass is 324 g/mol. The summed E-state index contributed by atoms with van der Waals surface area (Å²) < 4.78 is 26.7. The molecule has 2 aromatic rings. The van der Waals surface area contributed by atoms with E-state index in [2.05, 4.69) is 4.72 Å². The van der Waals surface area contributed by atoms with E-state index in [0.29, 0.717) is 11.6 Å². The average molecular weight is 325 g/mol. The van der Waals surface area contributed by atoms with Gasteiger partial charge in [0.25, 0.3) is 0 Å². The van der Waals surface area contributed by atoms with Crippen molar-refractivity contribution in [3.8, 4) is 0 Å². The zero-order valence-corrected chi connectivity index (χ0v) is 13.0. The van der Waals surface area contributed by atoms with Crippen LogP contribution in [-0.4, -0.2) is 8.42 Å². The lowest BCUT2D eigenvalue weighted by Crippen LogP contribution is -2.24. The lowest BCUT2D eigenvalue weighted by atomic mass is 10.1. The Labute approximate surface area is 130 Å². The molecule has 4 nitrogen and oxygen atoms in total. The second kappa shape index (κ2) is 7.04. The predicted molar refractivity (Wildman–Crippen MR) is 85.2 cm³/mol. The summed E-state index contributed by atoms with van der Waals surface area (Å²) in [5.74, 6) is -0.0611. The lowest BCUT2D eigenvalue weighted by Gasteiger charge is -2.08. The van der Waals surface area contributed by atoms with E-state index in [-0.39, 0.29) is 12.3 Å². The molecule has 3 N–H and O–H groups in total. The zero-order valence-electron chi connectivity index (χ0n) is 11.4. The summed E-state index contributed by atoms with van der Waals surface area (Å²) in [6.45, 7) is 0.641. The van der Waals surface area contributed by atoms with Crippen LogP contribution in [0.2, 0.25) is 5.02 Å². The smallest absolute Gasteiger partial charge is 0.216 e. The van der Waals surface area contributed by atoms with Crippen molar-refractivity contribution in [1.82, 2.24) is 4.72 Å². The molecule has 0 aliphatic rings. The highest BCUT2D eigenvalue weighted by Gasteiger charge is 2.11. The Balaban J connectivity index is 1.99. The number of halogens is 1. The maximum atomic E-state index is 12.1. The van der Waals surface area contributed by atoms with Gasteiger partial charge in [-0.1, -0.05) is 48.0 Å². The molecular weight excluding hydrogens is 308 g/mol. The molecule has 0 bridgehead atoms. The number of nitrogens with two attached hydrogens (primary N) is 1. The van der Waals surface area contributed by atoms with Gasteiger partial charge in [-0.2, -0.15) is 0 Å². The summed E-state index contributed by atoms with van der Waals surface area (Å²) in [6.07, 6.45) is 0. The summed E-state index contributed by atoms with van der Waals surface area (Å²) >= 11 is 5.79. The van der Waals surface area contributed by atoms with Crippen LogP contribution >= 0.6 is 11.6 Å². The molecule has 6 heteroatoms. The van der Waals surface area contributed by atoms with Crippen LogP contribution in [0, 0.1) is 0 Å². The Morgan fingerprint density at radius 2 is 1.67 bits per heavy atom. The number of rotatable bonds is 6. The molecule has 2 rings (SSSR count). The Morgan fingerprint density at radius 1 is 1.00 bits per heavy atom. The molecule has 0 spiro atoms. The van der Waals surface area contributed by atoms with E-state index >= 15 is 0 Å². The van der Waals surface area contributed by atoms with Gasteiger partial charge in [0.2, 0.25) is 10.0 Å². The van der Waals surface area contributed by atoms with Gasteiger partial charge >= 0.3 is 0 Å². The first kappa shape index (κ1) is 16.0. The maximum Gasteiger partial charge on any atom is 0.216 e. The second-order valence-corrected chi connectivity index (χ2v) is 6.97. The second-order valence-electron chi connectivity index (χ2n) is 4.73. The molecule has 0 radical (unpaired) electrons. The maximum absolute atomic E-state index is 12.1. The van der Waals surface area contributed by atoms with Crippen LogP contribution in [0.5, 0.6) is 0 Å². The Hall–Kier alpha value is -1.40. The van der Waals surface area contributed by atoms with Gasteiger partial charge in [-0.25, -0.2) is 13.1 Å². The molecule has 0 saturated carbocycles. The first-order valence-corrected chi connectivity index (χ1v) is 8.51. The molecule has 2 aromatic carbocycles. The first-order valence-electron chi connectivity index (χ1n) is 6.48. The summed E-state index contributed by atoms with van der Waals surface area (Å²) in [7, 11) is -3.39. The lowest BCUT2D eigenvalue weighted by molar-refractivity contribution is 0.580. The van der Waals surface area contributed by atoms with E-state index in [1.807, 2.05) is 18.2 Å². The number of hydrogen-bond donors (Lipinski definition) is 2. The first-order chi connectivity index (χ1) is 9.98. The average Bonchev–Trinajstić information content (AvgIpc) is 2.46. The minimum atomic E-state index is -3.39. The van der Waals surface area contributed by atoms with Crippen LogP contribution in [0.25, 0.3) is 0 Å². The van der Waals surface area contributed by atoms with E-state index in [4.69, 9.17) is 17.3 Å². The highest BCUT2D eigenvalue weighted by Crippen LogP contribution is 2.11. The largest absolute Gasteiger partial charge is 0.326 e. The number of nitrogens with one attached hydrogen (secondary N) is 1. The standard InChI is InChI=1S/C15H17ClN2O2S/c16-15-6-4-12(5-7-15)10-18-21(19,20)11-14-3-1-2-13(8-14)9-17/h1-8,18H,9-11,17H2. The Morgan fingerprint density at radius 3 is 2.33 bits per heavy atom. The fourth-order valence-corrected chi connectivity index (χ4v) is 3.15. The van der Waals surface area contributed by atoms with Crippen molar-refractivity contribution in [2.24, 2.45) is 5.73 Å². The topological polar surface area (TPSA) is 72.2 Å². The van der Waals surface area contributed by atoms with Gasteiger partial charge in [0.05, 0.1) is 5.75 Å². The molecule has 0 aromatic heterocycles. The molecule has 0 unspecified atom stereocenters. The van der Waals surface area contributed by atoms with Gasteiger partial charge in [0.1, 0.15) is 0 Å². The normalized spacial score (nSPS) is 11.5. The van der Waals surface area contributed by atoms with E-state index in [1.165, 1.54) is 0 Å². The quantitative estimate of drug-likeness (QED) is 0.857. The molecule has 21 heavy (non-hydrogen) atoms. The third-order valence-corrected chi connectivity index (χ3v) is 4.54. The van der Waals surface area contributed by atoms with Crippen molar-refractivity contribution in [3.63, 3.8) is 0 Å². The van der Waals surface area contributed by atoms with Gasteiger partial charge < -0.3 is 5.73 Å². The summed E-state index contributed by atoms with van der Waals surface area (Å²) in [4.78, 5) is 0. The van der Waals surface area contributed by atoms with Crippen molar-refractivity contribution in [2.75, 3.05) is 0 Å². The minimum Gasteiger partial charge on any atom is -0.326 e. The Bertz CT molecular complexity index is 700. The predicted octanol–water partition coefficient (Wildman–Crippen LogP) is 2.42. The van der Waals surface area contributed by atoms with E-state index in [1.54, 1.807) is 30.3 Å². The van der Waals surface area contributed by atoms with Crippen LogP contribution in [-0.2, 0) is 28.9 Å². The molecule has 0 aliphatic carbocycles. The van der Waals surface area contributed by atoms with Crippen LogP contribution in [0.4, 0.5) is 0 Å². The van der Waals surface area contributed by atoms with Crippen molar-refractivity contribution >= 4 is 21.6 Å². The molecule has 112 valence electrons. The highest BCUT2D eigenvalue weighted by atomic mass is 35.5. The highest BCUT2D eigenvalue weighted by molar-refractivity contribution is 7.88. The third-order valence-electron chi connectivity index (χ3n) is 2.99. The fourth-order valence-electron chi connectivity index (χ4n) is 1.91. The third kappa shape index (κ3) is 5.13. The minimum absolute atomic E-state index is 0.0611.